The van der Waals surface area contributed by atoms with Crippen molar-refractivity contribution in [2.24, 2.45) is 0 Å². The summed E-state index contributed by atoms with van der Waals surface area (Å²) in [5.41, 5.74) is 0.358. The van der Waals surface area contributed by atoms with Gasteiger partial charge in [0.25, 0.3) is 5.91 Å². The highest BCUT2D eigenvalue weighted by Gasteiger charge is 2.20. The van der Waals surface area contributed by atoms with E-state index in [0.717, 1.165) is 12.8 Å². The van der Waals surface area contributed by atoms with Gasteiger partial charge in [0.05, 0.1) is 12.7 Å². The Bertz CT molecular complexity index is 483. The second-order valence-electron chi connectivity index (χ2n) is 4.78. The quantitative estimate of drug-likeness (QED) is 0.748. The molecule has 21 heavy (non-hydrogen) atoms. The maximum atomic E-state index is 12.1. The van der Waals surface area contributed by atoms with Gasteiger partial charge in [-0.3, -0.25) is 9.59 Å². The Labute approximate surface area is 125 Å². The average molecular weight is 293 g/mol. The predicted octanol–water partition coefficient (Wildman–Crippen LogP) is 2.58. The van der Waals surface area contributed by atoms with Crippen LogP contribution in [-0.2, 0) is 4.79 Å². The van der Waals surface area contributed by atoms with Gasteiger partial charge < -0.3 is 14.8 Å². The number of benzene rings is 1. The normalized spacial score (nSPS) is 11.9. The maximum absolute atomic E-state index is 12.1. The van der Waals surface area contributed by atoms with Crippen LogP contribution in [0.15, 0.2) is 18.2 Å². The molecule has 0 radical (unpaired) electrons. The van der Waals surface area contributed by atoms with E-state index in [9.17, 15) is 9.59 Å². The van der Waals surface area contributed by atoms with Gasteiger partial charge in [-0.15, -0.1) is 0 Å². The standard InChI is InChI=1S/C16H23NO4/c1-5-13(6-2)17-16(19)11(3)21-15-12(10-18)8-7-9-14(15)20-4/h7-11,13H,5-6H2,1-4H3,(H,17,19). The van der Waals surface area contributed by atoms with Crippen LogP contribution in [0.1, 0.15) is 44.0 Å². The molecule has 0 aliphatic carbocycles. The minimum Gasteiger partial charge on any atom is -0.493 e. The van der Waals surface area contributed by atoms with Crippen molar-refractivity contribution in [3.8, 4) is 11.5 Å². The number of hydrogen-bond donors (Lipinski definition) is 1. The number of rotatable bonds is 8. The van der Waals surface area contributed by atoms with E-state index in [1.54, 1.807) is 25.1 Å². The fourth-order valence-electron chi connectivity index (χ4n) is 1.95. The van der Waals surface area contributed by atoms with E-state index in [2.05, 4.69) is 5.32 Å². The van der Waals surface area contributed by atoms with Crippen LogP contribution in [-0.4, -0.2) is 31.4 Å². The highest BCUT2D eigenvalue weighted by atomic mass is 16.5. The van der Waals surface area contributed by atoms with Gasteiger partial charge in [-0.05, 0) is 31.9 Å². The third-order valence-electron chi connectivity index (χ3n) is 3.35. The first-order valence-electron chi connectivity index (χ1n) is 7.16. The van der Waals surface area contributed by atoms with Gasteiger partial charge in [-0.25, -0.2) is 0 Å². The zero-order chi connectivity index (χ0) is 15.8. The van der Waals surface area contributed by atoms with E-state index in [1.807, 2.05) is 13.8 Å². The Hall–Kier alpha value is -2.04. The summed E-state index contributed by atoms with van der Waals surface area (Å²) in [5, 5.41) is 2.92. The lowest BCUT2D eigenvalue weighted by atomic mass is 10.1. The maximum Gasteiger partial charge on any atom is 0.260 e. The largest absolute Gasteiger partial charge is 0.493 e. The molecule has 0 aliphatic rings. The summed E-state index contributed by atoms with van der Waals surface area (Å²) in [6, 6.07) is 5.14. The molecule has 1 aromatic rings. The first-order chi connectivity index (χ1) is 10.1. The molecule has 0 aromatic heterocycles. The summed E-state index contributed by atoms with van der Waals surface area (Å²) >= 11 is 0. The number of carbonyl (C=O) groups excluding carboxylic acids is 2. The molecule has 116 valence electrons. The third kappa shape index (κ3) is 4.48. The topological polar surface area (TPSA) is 64.6 Å². The van der Waals surface area contributed by atoms with Crippen molar-refractivity contribution < 1.29 is 19.1 Å². The molecule has 5 nitrogen and oxygen atoms in total. The Balaban J connectivity index is 2.85. The van der Waals surface area contributed by atoms with Crippen LogP contribution in [0.5, 0.6) is 11.5 Å². The number of ether oxygens (including phenoxy) is 2. The van der Waals surface area contributed by atoms with Crippen molar-refractivity contribution in [1.29, 1.82) is 0 Å². The number of hydrogen-bond acceptors (Lipinski definition) is 4. The van der Waals surface area contributed by atoms with Crippen LogP contribution < -0.4 is 14.8 Å². The molecule has 0 fully saturated rings. The van der Waals surface area contributed by atoms with Crippen LogP contribution in [0.2, 0.25) is 0 Å². The van der Waals surface area contributed by atoms with Gasteiger partial charge in [-0.1, -0.05) is 19.9 Å². The number of nitrogens with one attached hydrogen (secondary N) is 1. The lowest BCUT2D eigenvalue weighted by molar-refractivity contribution is -0.128. The molecule has 0 saturated carbocycles. The second kappa shape index (κ2) is 8.29. The minimum atomic E-state index is -0.708. The fraction of sp³-hybridized carbons (Fsp3) is 0.500. The van der Waals surface area contributed by atoms with Gasteiger partial charge in [0.15, 0.2) is 23.9 Å². The highest BCUT2D eigenvalue weighted by Crippen LogP contribution is 2.30. The fourth-order valence-corrected chi connectivity index (χ4v) is 1.95. The lowest BCUT2D eigenvalue weighted by Gasteiger charge is -2.21. The lowest BCUT2D eigenvalue weighted by Crippen LogP contribution is -2.42. The van der Waals surface area contributed by atoms with Gasteiger partial charge in [0, 0.05) is 6.04 Å². The molecular formula is C16H23NO4. The molecule has 1 N–H and O–H groups in total. The summed E-state index contributed by atoms with van der Waals surface area (Å²) in [7, 11) is 1.49. The predicted molar refractivity (Wildman–Crippen MR) is 81.0 cm³/mol. The van der Waals surface area contributed by atoms with Crippen LogP contribution in [0.4, 0.5) is 0 Å². The number of carbonyl (C=O) groups is 2. The highest BCUT2D eigenvalue weighted by molar-refractivity contribution is 5.83. The van der Waals surface area contributed by atoms with E-state index in [0.29, 0.717) is 23.3 Å². The van der Waals surface area contributed by atoms with Crippen LogP contribution in [0.3, 0.4) is 0 Å². The Morgan fingerprint density at radius 1 is 1.33 bits per heavy atom. The zero-order valence-electron chi connectivity index (χ0n) is 13.0. The van der Waals surface area contributed by atoms with E-state index in [4.69, 9.17) is 9.47 Å². The molecule has 0 saturated heterocycles. The molecule has 1 atom stereocenters. The first-order valence-corrected chi connectivity index (χ1v) is 7.16. The monoisotopic (exact) mass is 293 g/mol. The second-order valence-corrected chi connectivity index (χ2v) is 4.78. The van der Waals surface area contributed by atoms with Crippen LogP contribution >= 0.6 is 0 Å². The van der Waals surface area contributed by atoms with Gasteiger partial charge in [-0.2, -0.15) is 0 Å². The molecule has 0 bridgehead atoms. The number of para-hydroxylation sites is 1. The molecule has 0 spiro atoms. The molecule has 1 aromatic carbocycles. The molecule has 0 aliphatic heterocycles. The van der Waals surface area contributed by atoms with E-state index in [-0.39, 0.29) is 11.9 Å². The van der Waals surface area contributed by atoms with Gasteiger partial charge in [0.2, 0.25) is 0 Å². The smallest absolute Gasteiger partial charge is 0.260 e. The summed E-state index contributed by atoms with van der Waals surface area (Å²) in [4.78, 5) is 23.2. The number of amides is 1. The Morgan fingerprint density at radius 3 is 2.52 bits per heavy atom. The van der Waals surface area contributed by atoms with Crippen molar-refractivity contribution in [2.75, 3.05) is 7.11 Å². The summed E-state index contributed by atoms with van der Waals surface area (Å²) in [5.74, 6) is 0.524. The van der Waals surface area contributed by atoms with Crippen LogP contribution in [0, 0.1) is 0 Å². The first kappa shape index (κ1) is 17.0. The zero-order valence-corrected chi connectivity index (χ0v) is 13.0. The van der Waals surface area contributed by atoms with Gasteiger partial charge in [0.1, 0.15) is 0 Å². The van der Waals surface area contributed by atoms with Crippen molar-refractivity contribution in [2.45, 2.75) is 45.8 Å². The molecule has 1 rings (SSSR count). The van der Waals surface area contributed by atoms with Crippen molar-refractivity contribution in [3.05, 3.63) is 23.8 Å². The average Bonchev–Trinajstić information content (AvgIpc) is 2.52. The van der Waals surface area contributed by atoms with E-state index >= 15 is 0 Å². The SMILES string of the molecule is CCC(CC)NC(=O)C(C)Oc1c(C=O)cccc1OC. The Kier molecular flexibility index (Phi) is 6.72. The Morgan fingerprint density at radius 2 is 2.00 bits per heavy atom. The molecule has 1 amide bonds. The molecule has 0 heterocycles. The van der Waals surface area contributed by atoms with Gasteiger partial charge >= 0.3 is 0 Å². The third-order valence-corrected chi connectivity index (χ3v) is 3.35. The summed E-state index contributed by atoms with van der Waals surface area (Å²) in [6.45, 7) is 5.69. The number of aldehydes is 1. The van der Waals surface area contributed by atoms with Crippen molar-refractivity contribution >= 4 is 12.2 Å². The molecular weight excluding hydrogens is 270 g/mol. The number of methoxy groups -OCH3 is 1. The van der Waals surface area contributed by atoms with Crippen molar-refractivity contribution in [1.82, 2.24) is 5.32 Å². The summed E-state index contributed by atoms with van der Waals surface area (Å²) < 4.78 is 10.8. The molecule has 1 unspecified atom stereocenters. The van der Waals surface area contributed by atoms with E-state index in [1.165, 1.54) is 7.11 Å². The van der Waals surface area contributed by atoms with Crippen LogP contribution in [0.25, 0.3) is 0 Å². The van der Waals surface area contributed by atoms with Crippen molar-refractivity contribution in [3.63, 3.8) is 0 Å². The van der Waals surface area contributed by atoms with E-state index < -0.39 is 6.10 Å². The molecule has 5 heteroatoms. The minimum absolute atomic E-state index is 0.131. The summed E-state index contributed by atoms with van der Waals surface area (Å²) in [6.07, 6.45) is 1.70.